The second-order valence-electron chi connectivity index (χ2n) is 3.10. The SMILES string of the molecule is O=S(=O)(NCc1cc[nH]c1)c1ccc(Br)s1. The van der Waals surface area contributed by atoms with E-state index in [9.17, 15) is 8.42 Å². The van der Waals surface area contributed by atoms with Gasteiger partial charge >= 0.3 is 0 Å². The summed E-state index contributed by atoms with van der Waals surface area (Å²) >= 11 is 4.43. The van der Waals surface area contributed by atoms with Gasteiger partial charge in [0.05, 0.1) is 3.79 Å². The van der Waals surface area contributed by atoms with E-state index in [1.54, 1.807) is 24.5 Å². The zero-order chi connectivity index (χ0) is 11.6. The fourth-order valence-electron chi connectivity index (χ4n) is 1.16. The summed E-state index contributed by atoms with van der Waals surface area (Å²) in [6.07, 6.45) is 3.51. The first-order valence-corrected chi connectivity index (χ1v) is 7.54. The molecule has 0 aliphatic carbocycles. The van der Waals surface area contributed by atoms with E-state index in [0.717, 1.165) is 9.35 Å². The summed E-state index contributed by atoms with van der Waals surface area (Å²) < 4.78 is 27.3. The van der Waals surface area contributed by atoms with E-state index >= 15 is 0 Å². The number of aromatic nitrogens is 1. The summed E-state index contributed by atoms with van der Waals surface area (Å²) in [5.74, 6) is 0. The Morgan fingerprint density at radius 3 is 2.75 bits per heavy atom. The Morgan fingerprint density at radius 2 is 2.19 bits per heavy atom. The maximum atomic E-state index is 11.8. The number of H-pyrrole nitrogens is 1. The highest BCUT2D eigenvalue weighted by molar-refractivity contribution is 9.11. The molecular weight excluding hydrogens is 312 g/mol. The summed E-state index contributed by atoms with van der Waals surface area (Å²) in [7, 11) is -3.39. The van der Waals surface area contributed by atoms with Crippen LogP contribution in [0.25, 0.3) is 0 Å². The lowest BCUT2D eigenvalue weighted by Crippen LogP contribution is -2.22. The molecule has 0 saturated heterocycles. The van der Waals surface area contributed by atoms with E-state index in [-0.39, 0.29) is 0 Å². The molecule has 2 aromatic rings. The van der Waals surface area contributed by atoms with Gasteiger partial charge in [-0.25, -0.2) is 13.1 Å². The van der Waals surface area contributed by atoms with Crippen LogP contribution in [0.5, 0.6) is 0 Å². The lowest BCUT2D eigenvalue weighted by atomic mass is 10.4. The summed E-state index contributed by atoms with van der Waals surface area (Å²) in [4.78, 5) is 2.87. The maximum Gasteiger partial charge on any atom is 0.250 e. The molecule has 16 heavy (non-hydrogen) atoms. The Bertz CT molecular complexity index is 560. The van der Waals surface area contributed by atoms with Crippen molar-refractivity contribution in [1.82, 2.24) is 9.71 Å². The van der Waals surface area contributed by atoms with E-state index in [2.05, 4.69) is 25.6 Å². The molecule has 0 aliphatic rings. The molecule has 0 saturated carbocycles. The minimum Gasteiger partial charge on any atom is -0.367 e. The number of halogens is 1. The van der Waals surface area contributed by atoms with E-state index < -0.39 is 10.0 Å². The van der Waals surface area contributed by atoms with Crippen LogP contribution in [0.1, 0.15) is 5.56 Å². The Hall–Kier alpha value is -0.630. The summed E-state index contributed by atoms with van der Waals surface area (Å²) in [6, 6.07) is 5.12. The molecule has 2 N–H and O–H groups in total. The molecule has 86 valence electrons. The molecule has 0 amide bonds. The topological polar surface area (TPSA) is 62.0 Å². The molecule has 0 bridgehead atoms. The lowest BCUT2D eigenvalue weighted by molar-refractivity contribution is 0.583. The van der Waals surface area contributed by atoms with Crippen LogP contribution in [0.3, 0.4) is 0 Å². The van der Waals surface area contributed by atoms with Crippen molar-refractivity contribution < 1.29 is 8.42 Å². The van der Waals surface area contributed by atoms with E-state index in [1.165, 1.54) is 11.3 Å². The smallest absolute Gasteiger partial charge is 0.250 e. The van der Waals surface area contributed by atoms with Crippen LogP contribution in [-0.4, -0.2) is 13.4 Å². The predicted octanol–water partition coefficient (Wildman–Crippen LogP) is 2.32. The third kappa shape index (κ3) is 2.73. The van der Waals surface area contributed by atoms with Crippen LogP contribution in [0.15, 0.2) is 38.6 Å². The fraction of sp³-hybridized carbons (Fsp3) is 0.111. The van der Waals surface area contributed by atoms with Crippen molar-refractivity contribution in [2.45, 2.75) is 10.8 Å². The van der Waals surface area contributed by atoms with Crippen molar-refractivity contribution in [3.8, 4) is 0 Å². The molecule has 0 aromatic carbocycles. The van der Waals surface area contributed by atoms with Gasteiger partial charge in [-0.05, 0) is 39.7 Å². The lowest BCUT2D eigenvalue weighted by Gasteiger charge is -2.02. The van der Waals surface area contributed by atoms with E-state index in [1.807, 2.05) is 6.07 Å². The molecule has 0 unspecified atom stereocenters. The number of thiophene rings is 1. The van der Waals surface area contributed by atoms with E-state index in [4.69, 9.17) is 0 Å². The third-order valence-corrected chi connectivity index (χ3v) is 5.46. The van der Waals surface area contributed by atoms with Gasteiger partial charge in [-0.1, -0.05) is 0 Å². The summed E-state index contributed by atoms with van der Waals surface area (Å²) in [5.41, 5.74) is 0.902. The minimum atomic E-state index is -3.39. The molecule has 0 radical (unpaired) electrons. The summed E-state index contributed by atoms with van der Waals surface area (Å²) in [6.45, 7) is 0.293. The van der Waals surface area contributed by atoms with Gasteiger partial charge < -0.3 is 4.98 Å². The molecule has 4 nitrogen and oxygen atoms in total. The van der Waals surface area contributed by atoms with Gasteiger partial charge in [0.1, 0.15) is 4.21 Å². The first kappa shape index (κ1) is 11.8. The first-order valence-electron chi connectivity index (χ1n) is 4.44. The average Bonchev–Trinajstić information content (AvgIpc) is 2.85. The molecule has 2 heterocycles. The monoisotopic (exact) mass is 320 g/mol. The second kappa shape index (κ2) is 4.70. The number of aromatic amines is 1. The average molecular weight is 321 g/mol. The van der Waals surface area contributed by atoms with Crippen molar-refractivity contribution >= 4 is 37.3 Å². The second-order valence-corrected chi connectivity index (χ2v) is 7.56. The van der Waals surface area contributed by atoms with Crippen LogP contribution in [-0.2, 0) is 16.6 Å². The van der Waals surface area contributed by atoms with Crippen LogP contribution in [0.4, 0.5) is 0 Å². The van der Waals surface area contributed by atoms with Gasteiger partial charge in [-0.3, -0.25) is 0 Å². The Balaban J connectivity index is 2.09. The standard InChI is InChI=1S/C9H9BrN2O2S2/c10-8-1-2-9(15-8)16(13,14)12-6-7-3-4-11-5-7/h1-5,11-12H,6H2. The van der Waals surface area contributed by atoms with Crippen molar-refractivity contribution in [1.29, 1.82) is 0 Å². The third-order valence-electron chi connectivity index (χ3n) is 1.94. The minimum absolute atomic E-state index is 0.293. The van der Waals surface area contributed by atoms with Crippen LogP contribution in [0, 0.1) is 0 Å². The van der Waals surface area contributed by atoms with Gasteiger partial charge in [0.25, 0.3) is 0 Å². The zero-order valence-corrected chi connectivity index (χ0v) is 11.3. The molecular formula is C9H9BrN2O2S2. The highest BCUT2D eigenvalue weighted by Crippen LogP contribution is 2.25. The molecule has 2 rings (SSSR count). The first-order chi connectivity index (χ1) is 7.58. The summed E-state index contributed by atoms with van der Waals surface area (Å²) in [5, 5.41) is 0. The molecule has 0 aliphatic heterocycles. The van der Waals surface area contributed by atoms with E-state index in [0.29, 0.717) is 10.8 Å². The Kier molecular flexibility index (Phi) is 3.48. The molecule has 7 heteroatoms. The quantitative estimate of drug-likeness (QED) is 0.908. The highest BCUT2D eigenvalue weighted by Gasteiger charge is 2.15. The van der Waals surface area contributed by atoms with Gasteiger partial charge in [-0.15, -0.1) is 11.3 Å². The largest absolute Gasteiger partial charge is 0.367 e. The van der Waals surface area contributed by atoms with Crippen molar-refractivity contribution in [2.24, 2.45) is 0 Å². The van der Waals surface area contributed by atoms with Crippen LogP contribution < -0.4 is 4.72 Å². The van der Waals surface area contributed by atoms with Crippen molar-refractivity contribution in [3.63, 3.8) is 0 Å². The normalized spacial score (nSPS) is 11.8. The number of hydrogen-bond donors (Lipinski definition) is 2. The van der Waals surface area contributed by atoms with Crippen LogP contribution in [0.2, 0.25) is 0 Å². The molecule has 0 spiro atoms. The number of hydrogen-bond acceptors (Lipinski definition) is 3. The van der Waals surface area contributed by atoms with Crippen molar-refractivity contribution in [3.05, 3.63) is 39.9 Å². The molecule has 0 atom stereocenters. The van der Waals surface area contributed by atoms with Crippen molar-refractivity contribution in [2.75, 3.05) is 0 Å². The fourth-order valence-corrected chi connectivity index (χ4v) is 4.23. The van der Waals surface area contributed by atoms with Crippen LogP contribution >= 0.6 is 27.3 Å². The number of nitrogens with one attached hydrogen (secondary N) is 2. The van der Waals surface area contributed by atoms with Gasteiger partial charge in [0, 0.05) is 18.9 Å². The zero-order valence-electron chi connectivity index (χ0n) is 8.10. The number of sulfonamides is 1. The number of rotatable bonds is 4. The maximum absolute atomic E-state index is 11.8. The van der Waals surface area contributed by atoms with Gasteiger partial charge in [0.15, 0.2) is 0 Å². The van der Waals surface area contributed by atoms with Gasteiger partial charge in [-0.2, -0.15) is 0 Å². The molecule has 2 aromatic heterocycles. The molecule has 0 fully saturated rings. The van der Waals surface area contributed by atoms with Gasteiger partial charge in [0.2, 0.25) is 10.0 Å². The Labute approximate surface area is 106 Å². The Morgan fingerprint density at radius 1 is 1.38 bits per heavy atom. The highest BCUT2D eigenvalue weighted by atomic mass is 79.9. The predicted molar refractivity (Wildman–Crippen MR) is 66.8 cm³/mol.